The summed E-state index contributed by atoms with van der Waals surface area (Å²) in [5.74, 6) is 0.926. The largest absolute Gasteiger partial charge is 0.456 e. The summed E-state index contributed by atoms with van der Waals surface area (Å²) in [6.07, 6.45) is 0. The lowest BCUT2D eigenvalue weighted by atomic mass is 9.97. The maximum atomic E-state index is 6.31. The molecular formula is C59H41NO. The van der Waals surface area contributed by atoms with E-state index in [0.717, 1.165) is 50.5 Å². The van der Waals surface area contributed by atoms with E-state index in [2.05, 4.69) is 230 Å². The van der Waals surface area contributed by atoms with Gasteiger partial charge in [0, 0.05) is 33.5 Å². The lowest BCUT2D eigenvalue weighted by molar-refractivity contribution is 0.629. The van der Waals surface area contributed by atoms with Crippen LogP contribution in [0.25, 0.3) is 88.3 Å². The minimum atomic E-state index is 0.919. The first-order chi connectivity index (χ1) is 30.1. The fraction of sp³-hybridized carbons (Fsp3) is 0.0169. The van der Waals surface area contributed by atoms with Gasteiger partial charge in [-0.05, 0) is 110 Å². The molecule has 288 valence electrons. The summed E-state index contributed by atoms with van der Waals surface area (Å²) in [5.41, 5.74) is 15.9. The van der Waals surface area contributed by atoms with Gasteiger partial charge in [-0.25, -0.2) is 0 Å². The van der Waals surface area contributed by atoms with E-state index in [9.17, 15) is 0 Å². The predicted molar refractivity (Wildman–Crippen MR) is 258 cm³/mol. The Morgan fingerprint density at radius 3 is 1.61 bits per heavy atom. The Kier molecular flexibility index (Phi) is 9.09. The van der Waals surface area contributed by atoms with Gasteiger partial charge in [-0.1, -0.05) is 188 Å². The van der Waals surface area contributed by atoms with Gasteiger partial charge in [-0.2, -0.15) is 0 Å². The van der Waals surface area contributed by atoms with Crippen molar-refractivity contribution in [3.63, 3.8) is 0 Å². The quantitative estimate of drug-likeness (QED) is 0.143. The third kappa shape index (κ3) is 6.75. The van der Waals surface area contributed by atoms with Crippen LogP contribution >= 0.6 is 0 Å². The highest BCUT2D eigenvalue weighted by atomic mass is 16.3. The Balaban J connectivity index is 0.949. The van der Waals surface area contributed by atoms with Gasteiger partial charge in [0.1, 0.15) is 11.3 Å². The second-order valence-electron chi connectivity index (χ2n) is 15.7. The summed E-state index contributed by atoms with van der Waals surface area (Å²) in [6, 6.07) is 83.0. The summed E-state index contributed by atoms with van der Waals surface area (Å²) in [6.45, 7) is 2.14. The molecule has 0 bridgehead atoms. The summed E-state index contributed by atoms with van der Waals surface area (Å²) in [5, 5.41) is 6.13. The fourth-order valence-electron chi connectivity index (χ4n) is 8.90. The number of furan rings is 1. The van der Waals surface area contributed by atoms with Gasteiger partial charge in [0.25, 0.3) is 0 Å². The summed E-state index contributed by atoms with van der Waals surface area (Å²) in [7, 11) is 0. The maximum Gasteiger partial charge on any atom is 0.138 e. The number of nitrogens with zero attached hydrogens (tertiary/aromatic N) is 1. The number of hydrogen-bond donors (Lipinski definition) is 0. The first-order valence-electron chi connectivity index (χ1n) is 20.9. The van der Waals surface area contributed by atoms with Gasteiger partial charge >= 0.3 is 0 Å². The van der Waals surface area contributed by atoms with Crippen LogP contribution in [0.4, 0.5) is 17.1 Å². The lowest BCUT2D eigenvalue weighted by Gasteiger charge is -2.28. The topological polar surface area (TPSA) is 16.4 Å². The van der Waals surface area contributed by atoms with Gasteiger partial charge in [-0.3, -0.25) is 0 Å². The molecule has 61 heavy (non-hydrogen) atoms. The molecule has 10 aromatic carbocycles. The SMILES string of the molecule is Cc1c(-c2cccc(-c3ccc(-c4ccc(N(c5ccc6c(ccc7ccccc76)c5)c5ccccc5-c5ccc(-c6ccccc6)cc5)cc4)cc3)c2)oc2ccccc12. The van der Waals surface area contributed by atoms with Gasteiger partial charge in [0.2, 0.25) is 0 Å². The first-order valence-corrected chi connectivity index (χ1v) is 20.9. The van der Waals surface area contributed by atoms with Crippen molar-refractivity contribution in [3.8, 4) is 55.8 Å². The van der Waals surface area contributed by atoms with E-state index in [-0.39, 0.29) is 0 Å². The van der Waals surface area contributed by atoms with Crippen molar-refractivity contribution >= 4 is 49.6 Å². The zero-order valence-corrected chi connectivity index (χ0v) is 33.8. The molecule has 2 nitrogen and oxygen atoms in total. The van der Waals surface area contributed by atoms with Crippen LogP contribution in [-0.2, 0) is 0 Å². The number of fused-ring (bicyclic) bond motifs is 4. The van der Waals surface area contributed by atoms with E-state index in [1.165, 1.54) is 60.5 Å². The molecule has 0 N–H and O–H groups in total. The summed E-state index contributed by atoms with van der Waals surface area (Å²) < 4.78 is 6.31. The number of benzene rings is 10. The normalized spacial score (nSPS) is 11.4. The van der Waals surface area contributed by atoms with Crippen LogP contribution in [0.15, 0.2) is 235 Å². The number of hydrogen-bond acceptors (Lipinski definition) is 2. The molecular weight excluding hydrogens is 739 g/mol. The van der Waals surface area contributed by atoms with E-state index in [0.29, 0.717) is 0 Å². The zero-order valence-electron chi connectivity index (χ0n) is 33.8. The molecule has 2 heteroatoms. The Morgan fingerprint density at radius 1 is 0.328 bits per heavy atom. The Hall–Kier alpha value is -7.94. The molecule has 0 saturated carbocycles. The molecule has 0 radical (unpaired) electrons. The Labute approximate surface area is 356 Å². The third-order valence-electron chi connectivity index (χ3n) is 12.1. The van der Waals surface area contributed by atoms with Crippen molar-refractivity contribution in [3.05, 3.63) is 236 Å². The molecule has 0 spiro atoms. The number of aryl methyl sites for hydroxylation is 1. The van der Waals surface area contributed by atoms with Crippen LogP contribution < -0.4 is 4.90 Å². The summed E-state index contributed by atoms with van der Waals surface area (Å²) in [4.78, 5) is 2.40. The number of anilines is 3. The third-order valence-corrected chi connectivity index (χ3v) is 12.1. The predicted octanol–water partition coefficient (Wildman–Crippen LogP) is 16.9. The Morgan fingerprint density at radius 2 is 0.852 bits per heavy atom. The van der Waals surface area contributed by atoms with Crippen LogP contribution in [0.1, 0.15) is 5.56 Å². The van der Waals surface area contributed by atoms with Gasteiger partial charge in [0.05, 0.1) is 5.69 Å². The zero-order chi connectivity index (χ0) is 40.7. The summed E-state index contributed by atoms with van der Waals surface area (Å²) >= 11 is 0. The molecule has 0 fully saturated rings. The molecule has 11 aromatic rings. The molecule has 0 aliphatic heterocycles. The molecule has 0 atom stereocenters. The highest BCUT2D eigenvalue weighted by Gasteiger charge is 2.19. The van der Waals surface area contributed by atoms with Crippen LogP contribution in [-0.4, -0.2) is 0 Å². The van der Waals surface area contributed by atoms with Crippen molar-refractivity contribution in [2.24, 2.45) is 0 Å². The highest BCUT2D eigenvalue weighted by Crippen LogP contribution is 2.43. The van der Waals surface area contributed by atoms with Crippen molar-refractivity contribution in [1.82, 2.24) is 0 Å². The number of rotatable bonds is 8. The monoisotopic (exact) mass is 779 g/mol. The van der Waals surface area contributed by atoms with E-state index in [4.69, 9.17) is 4.42 Å². The molecule has 0 amide bonds. The Bertz CT molecular complexity index is 3340. The molecule has 0 saturated heterocycles. The average molecular weight is 780 g/mol. The second-order valence-corrected chi connectivity index (χ2v) is 15.7. The van der Waals surface area contributed by atoms with Crippen LogP contribution in [0.2, 0.25) is 0 Å². The van der Waals surface area contributed by atoms with E-state index in [1.807, 2.05) is 12.1 Å². The van der Waals surface area contributed by atoms with Gasteiger partial charge in [0.15, 0.2) is 0 Å². The second kappa shape index (κ2) is 15.3. The van der Waals surface area contributed by atoms with Crippen molar-refractivity contribution in [2.75, 3.05) is 4.90 Å². The molecule has 0 aliphatic rings. The molecule has 0 unspecified atom stereocenters. The maximum absolute atomic E-state index is 6.31. The standard InChI is InChI=1S/C59H41NO/c1-40-53-17-8-10-21-58(53)61-59(40)50-16-11-15-48(38-50)45-24-22-43(23-25-45)44-32-34-51(35-33-44)60(52-36-37-55-49(39-52)31-30-46-14-5-6-18-54(46)55)57-20-9-7-19-56(57)47-28-26-42(27-29-47)41-12-3-2-4-13-41/h2-39H,1H3. The minimum absolute atomic E-state index is 0.919. The van der Waals surface area contributed by atoms with Crippen LogP contribution in [0.3, 0.4) is 0 Å². The first kappa shape index (κ1) is 36.2. The smallest absolute Gasteiger partial charge is 0.138 e. The van der Waals surface area contributed by atoms with E-state index >= 15 is 0 Å². The fourth-order valence-corrected chi connectivity index (χ4v) is 8.90. The average Bonchev–Trinajstić information content (AvgIpc) is 3.68. The van der Waals surface area contributed by atoms with Gasteiger partial charge in [-0.15, -0.1) is 0 Å². The van der Waals surface area contributed by atoms with Crippen LogP contribution in [0, 0.1) is 6.92 Å². The van der Waals surface area contributed by atoms with Crippen molar-refractivity contribution in [2.45, 2.75) is 6.92 Å². The molecule has 1 heterocycles. The van der Waals surface area contributed by atoms with Crippen LogP contribution in [0.5, 0.6) is 0 Å². The van der Waals surface area contributed by atoms with E-state index in [1.54, 1.807) is 0 Å². The lowest BCUT2D eigenvalue weighted by Crippen LogP contribution is -2.11. The van der Waals surface area contributed by atoms with E-state index < -0.39 is 0 Å². The van der Waals surface area contributed by atoms with Crippen molar-refractivity contribution < 1.29 is 4.42 Å². The highest BCUT2D eigenvalue weighted by molar-refractivity contribution is 6.09. The molecule has 0 aliphatic carbocycles. The van der Waals surface area contributed by atoms with Crippen molar-refractivity contribution in [1.29, 1.82) is 0 Å². The minimum Gasteiger partial charge on any atom is -0.456 e. The molecule has 1 aromatic heterocycles. The van der Waals surface area contributed by atoms with Gasteiger partial charge < -0.3 is 9.32 Å². The molecule has 11 rings (SSSR count). The number of para-hydroxylation sites is 2.